The number of aromatic nitrogens is 2. The summed E-state index contributed by atoms with van der Waals surface area (Å²) in [7, 11) is 0. The highest BCUT2D eigenvalue weighted by molar-refractivity contribution is 7.99. The van der Waals surface area contributed by atoms with Crippen molar-refractivity contribution >= 4 is 17.7 Å². The Kier molecular flexibility index (Phi) is 7.01. The van der Waals surface area contributed by atoms with Gasteiger partial charge in [0, 0.05) is 12.7 Å². The van der Waals surface area contributed by atoms with Crippen LogP contribution in [0.5, 0.6) is 0 Å². The number of nitrogens with one attached hydrogen (secondary N) is 1. The zero-order valence-electron chi connectivity index (χ0n) is 12.3. The molecular formula is C13H23N3O3S. The molecule has 0 aliphatic heterocycles. The van der Waals surface area contributed by atoms with E-state index in [9.17, 15) is 9.90 Å². The Hall–Kier alpha value is -1.08. The van der Waals surface area contributed by atoms with Crippen molar-refractivity contribution < 1.29 is 14.3 Å². The third-order valence-electron chi connectivity index (χ3n) is 3.21. The van der Waals surface area contributed by atoms with Crippen LogP contribution >= 0.6 is 11.8 Å². The summed E-state index contributed by atoms with van der Waals surface area (Å²) in [5, 5.41) is 20.8. The fraction of sp³-hybridized carbons (Fsp3) is 0.769. The quantitative estimate of drug-likeness (QED) is 0.507. The van der Waals surface area contributed by atoms with E-state index in [0.717, 1.165) is 25.1 Å². The lowest BCUT2D eigenvalue weighted by atomic mass is 9.90. The van der Waals surface area contributed by atoms with Gasteiger partial charge in [0.15, 0.2) is 0 Å². The Morgan fingerprint density at radius 3 is 2.70 bits per heavy atom. The molecule has 0 aromatic carbocycles. The fourth-order valence-corrected chi connectivity index (χ4v) is 2.70. The molecule has 0 bridgehead atoms. The minimum atomic E-state index is -0.818. The Morgan fingerprint density at radius 2 is 2.20 bits per heavy atom. The molecule has 6 nitrogen and oxygen atoms in total. The van der Waals surface area contributed by atoms with Gasteiger partial charge < -0.3 is 14.8 Å². The third kappa shape index (κ3) is 4.79. The predicted molar refractivity (Wildman–Crippen MR) is 77.9 cm³/mol. The molecule has 1 atom stereocenters. The van der Waals surface area contributed by atoms with Crippen molar-refractivity contribution in [2.75, 3.05) is 12.3 Å². The van der Waals surface area contributed by atoms with Crippen LogP contribution in [-0.2, 0) is 4.79 Å². The Morgan fingerprint density at radius 1 is 1.45 bits per heavy atom. The number of thioether (sulfide) groups is 1. The van der Waals surface area contributed by atoms with Crippen molar-refractivity contribution in [3.05, 3.63) is 5.89 Å². The van der Waals surface area contributed by atoms with Crippen molar-refractivity contribution in [3.8, 4) is 0 Å². The van der Waals surface area contributed by atoms with E-state index < -0.39 is 11.5 Å². The van der Waals surface area contributed by atoms with Gasteiger partial charge in [-0.25, -0.2) is 0 Å². The first-order valence-electron chi connectivity index (χ1n) is 6.95. The van der Waals surface area contributed by atoms with Crippen molar-refractivity contribution in [1.29, 1.82) is 0 Å². The number of hydrogen-bond acceptors (Lipinski definition) is 6. The summed E-state index contributed by atoms with van der Waals surface area (Å²) in [5.41, 5.74) is -0.818. The molecule has 20 heavy (non-hydrogen) atoms. The van der Waals surface area contributed by atoms with E-state index in [1.165, 1.54) is 11.8 Å². The Bertz CT molecular complexity index is 425. The van der Waals surface area contributed by atoms with Gasteiger partial charge in [-0.2, -0.15) is 0 Å². The highest BCUT2D eigenvalue weighted by Crippen LogP contribution is 2.22. The number of aryl methyl sites for hydroxylation is 1. The van der Waals surface area contributed by atoms with Crippen LogP contribution in [0.25, 0.3) is 0 Å². The van der Waals surface area contributed by atoms with Crippen LogP contribution in [-0.4, -0.2) is 39.1 Å². The molecule has 0 spiro atoms. The first-order chi connectivity index (χ1) is 9.54. The summed E-state index contributed by atoms with van der Waals surface area (Å²) in [6.07, 6.45) is 2.87. The largest absolute Gasteiger partial charge is 0.480 e. The maximum Gasteiger partial charge on any atom is 0.323 e. The molecule has 0 saturated carbocycles. The van der Waals surface area contributed by atoms with Gasteiger partial charge in [-0.3, -0.25) is 4.79 Å². The topological polar surface area (TPSA) is 88.3 Å². The molecule has 0 aliphatic carbocycles. The highest BCUT2D eigenvalue weighted by atomic mass is 32.2. The van der Waals surface area contributed by atoms with E-state index in [-0.39, 0.29) is 0 Å². The maximum atomic E-state index is 11.5. The van der Waals surface area contributed by atoms with Crippen LogP contribution in [0.1, 0.15) is 45.4 Å². The van der Waals surface area contributed by atoms with Crippen LogP contribution in [0, 0.1) is 6.92 Å². The lowest BCUT2D eigenvalue weighted by molar-refractivity contribution is -0.145. The normalized spacial score (nSPS) is 14.2. The van der Waals surface area contributed by atoms with Crippen LogP contribution in [0.2, 0.25) is 0 Å². The van der Waals surface area contributed by atoms with Gasteiger partial charge in [0.05, 0.1) is 0 Å². The fourth-order valence-electron chi connectivity index (χ4n) is 1.96. The van der Waals surface area contributed by atoms with E-state index in [1.54, 1.807) is 6.92 Å². The van der Waals surface area contributed by atoms with E-state index >= 15 is 0 Å². The lowest BCUT2D eigenvalue weighted by Crippen LogP contribution is -2.52. The second-order valence-electron chi connectivity index (χ2n) is 4.71. The second-order valence-corrected chi connectivity index (χ2v) is 5.75. The van der Waals surface area contributed by atoms with Crippen molar-refractivity contribution in [1.82, 2.24) is 15.5 Å². The maximum absolute atomic E-state index is 11.5. The number of carbonyl (C=O) groups is 1. The summed E-state index contributed by atoms with van der Waals surface area (Å²) in [6.45, 7) is 6.41. The third-order valence-corrected chi connectivity index (χ3v) is 4.11. The molecule has 1 unspecified atom stereocenters. The second kappa shape index (κ2) is 8.26. The number of aliphatic carboxylic acids is 1. The molecule has 1 heterocycles. The molecule has 7 heteroatoms. The molecule has 2 N–H and O–H groups in total. The zero-order chi connectivity index (χ0) is 15.0. The van der Waals surface area contributed by atoms with Gasteiger partial charge >= 0.3 is 5.97 Å². The van der Waals surface area contributed by atoms with Gasteiger partial charge in [0.25, 0.3) is 5.22 Å². The van der Waals surface area contributed by atoms with Gasteiger partial charge in [0.2, 0.25) is 5.89 Å². The molecule has 0 aliphatic rings. The summed E-state index contributed by atoms with van der Waals surface area (Å²) in [6, 6.07) is 0. The summed E-state index contributed by atoms with van der Waals surface area (Å²) >= 11 is 1.47. The number of carboxylic acids is 1. The number of rotatable bonds is 10. The van der Waals surface area contributed by atoms with Crippen molar-refractivity contribution in [2.45, 2.75) is 57.2 Å². The van der Waals surface area contributed by atoms with Crippen molar-refractivity contribution in [3.63, 3.8) is 0 Å². The smallest absolute Gasteiger partial charge is 0.323 e. The van der Waals surface area contributed by atoms with Gasteiger partial charge in [0.1, 0.15) is 5.54 Å². The van der Waals surface area contributed by atoms with E-state index in [1.807, 2.05) is 13.8 Å². The first kappa shape index (κ1) is 17.0. The van der Waals surface area contributed by atoms with E-state index in [2.05, 4.69) is 15.5 Å². The summed E-state index contributed by atoms with van der Waals surface area (Å²) in [4.78, 5) is 11.5. The van der Waals surface area contributed by atoms with Crippen LogP contribution in [0.4, 0.5) is 0 Å². The molecule has 0 saturated heterocycles. The average Bonchev–Trinajstić information content (AvgIpc) is 2.84. The SMILES string of the molecule is CCCNC(CC)(CCCSc1nnc(C)o1)C(=O)O. The summed E-state index contributed by atoms with van der Waals surface area (Å²) in [5.74, 6) is 0.544. The molecule has 1 aromatic rings. The van der Waals surface area contributed by atoms with Gasteiger partial charge in [-0.05, 0) is 32.2 Å². The molecule has 0 amide bonds. The molecule has 0 fully saturated rings. The first-order valence-corrected chi connectivity index (χ1v) is 7.94. The predicted octanol–water partition coefficient (Wildman–Crippen LogP) is 2.48. The molecular weight excluding hydrogens is 278 g/mol. The minimum absolute atomic E-state index is 0.543. The van der Waals surface area contributed by atoms with Crippen LogP contribution in [0.15, 0.2) is 9.64 Å². The van der Waals surface area contributed by atoms with E-state index in [4.69, 9.17) is 4.42 Å². The van der Waals surface area contributed by atoms with Gasteiger partial charge in [-0.15, -0.1) is 10.2 Å². The highest BCUT2D eigenvalue weighted by Gasteiger charge is 2.35. The Labute approximate surface area is 123 Å². The molecule has 1 aromatic heterocycles. The Balaban J connectivity index is 2.43. The van der Waals surface area contributed by atoms with Crippen molar-refractivity contribution in [2.24, 2.45) is 0 Å². The molecule has 114 valence electrons. The summed E-state index contributed by atoms with van der Waals surface area (Å²) < 4.78 is 5.26. The average molecular weight is 301 g/mol. The van der Waals surface area contributed by atoms with Crippen LogP contribution < -0.4 is 5.32 Å². The molecule has 1 rings (SSSR count). The lowest BCUT2D eigenvalue weighted by Gasteiger charge is -2.29. The van der Waals surface area contributed by atoms with E-state index in [0.29, 0.717) is 24.0 Å². The zero-order valence-corrected chi connectivity index (χ0v) is 13.1. The molecule has 0 radical (unpaired) electrons. The standard InChI is InChI=1S/C13H23N3O3S/c1-4-8-14-13(5-2,11(17)18)7-6-9-20-12-16-15-10(3)19-12/h14H,4-9H2,1-3H3,(H,17,18). The monoisotopic (exact) mass is 301 g/mol. The van der Waals surface area contributed by atoms with Gasteiger partial charge in [-0.1, -0.05) is 25.6 Å². The number of hydrogen-bond donors (Lipinski definition) is 2. The number of nitrogens with zero attached hydrogens (tertiary/aromatic N) is 2. The number of carboxylic acid groups (broad SMARTS) is 1. The van der Waals surface area contributed by atoms with Crippen LogP contribution in [0.3, 0.4) is 0 Å². The minimum Gasteiger partial charge on any atom is -0.480 e.